The van der Waals surface area contributed by atoms with Crippen LogP contribution >= 0.6 is 0 Å². The van der Waals surface area contributed by atoms with Gasteiger partial charge in [0.05, 0.1) is 12.2 Å². The van der Waals surface area contributed by atoms with Gasteiger partial charge in [-0.15, -0.1) is 0 Å². The van der Waals surface area contributed by atoms with Crippen molar-refractivity contribution in [2.75, 3.05) is 6.61 Å². The highest BCUT2D eigenvalue weighted by molar-refractivity contribution is 6.73. The highest BCUT2D eigenvalue weighted by atomic mass is 28.4. The highest BCUT2D eigenvalue weighted by Gasteiger charge is 2.52. The van der Waals surface area contributed by atoms with Crippen LogP contribution in [0.4, 0.5) is 8.78 Å². The molecule has 2 aliphatic rings. The number of rotatable bonds is 12. The molecule has 0 radical (unpaired) electrons. The minimum absolute atomic E-state index is 0.0210. The Morgan fingerprint density at radius 2 is 1.79 bits per heavy atom. The van der Waals surface area contributed by atoms with E-state index in [1.807, 2.05) is 27.7 Å². The van der Waals surface area contributed by atoms with Gasteiger partial charge in [-0.25, -0.2) is 13.6 Å². The summed E-state index contributed by atoms with van der Waals surface area (Å²) in [4.78, 5) is 12.1. The van der Waals surface area contributed by atoms with E-state index in [-0.39, 0.29) is 36.1 Å². The summed E-state index contributed by atoms with van der Waals surface area (Å²) >= 11 is 0. The number of halogens is 2. The third-order valence-electron chi connectivity index (χ3n) is 9.05. The lowest BCUT2D eigenvalue weighted by molar-refractivity contribution is -0.137. The van der Waals surface area contributed by atoms with Gasteiger partial charge < -0.3 is 9.16 Å². The summed E-state index contributed by atoms with van der Waals surface area (Å²) in [5.41, 5.74) is 0.329. The summed E-state index contributed by atoms with van der Waals surface area (Å²) in [6.45, 7) is 16.6. The molecule has 2 saturated carbocycles. The molecule has 0 aromatic carbocycles. The second kappa shape index (κ2) is 11.5. The first-order valence-corrected chi connectivity index (χ1v) is 16.2. The van der Waals surface area contributed by atoms with Crippen LogP contribution in [-0.4, -0.2) is 32.4 Å². The van der Waals surface area contributed by atoms with Crippen molar-refractivity contribution in [2.45, 2.75) is 130 Å². The van der Waals surface area contributed by atoms with Crippen molar-refractivity contribution in [3.05, 3.63) is 11.6 Å². The van der Waals surface area contributed by atoms with Crippen LogP contribution in [0.5, 0.6) is 0 Å². The molecule has 6 heteroatoms. The van der Waals surface area contributed by atoms with Crippen molar-refractivity contribution in [1.82, 2.24) is 0 Å². The van der Waals surface area contributed by atoms with E-state index in [4.69, 9.17) is 9.16 Å². The predicted octanol–water partition coefficient (Wildman–Crippen LogP) is 8.54. The van der Waals surface area contributed by atoms with Crippen molar-refractivity contribution in [1.29, 1.82) is 0 Å². The molecule has 0 aromatic heterocycles. The second-order valence-corrected chi connectivity index (χ2v) is 16.6. The molecule has 2 aliphatic carbocycles. The first kappa shape index (κ1) is 29.5. The van der Waals surface area contributed by atoms with Gasteiger partial charge in [0.25, 0.3) is 5.92 Å². The molecule has 4 atom stereocenters. The van der Waals surface area contributed by atoms with Crippen LogP contribution in [0.3, 0.4) is 0 Å². The normalized spacial score (nSPS) is 28.1. The Morgan fingerprint density at radius 3 is 2.35 bits per heavy atom. The van der Waals surface area contributed by atoms with Crippen LogP contribution < -0.4 is 0 Å². The number of alkyl halides is 2. The lowest BCUT2D eigenvalue weighted by Crippen LogP contribution is -2.47. The molecule has 0 heterocycles. The number of carbonyl (C=O) groups excluding carboxylic acids is 1. The molecule has 198 valence electrons. The van der Waals surface area contributed by atoms with E-state index < -0.39 is 19.8 Å². The summed E-state index contributed by atoms with van der Waals surface area (Å²) in [5.74, 6) is -2.55. The predicted molar refractivity (Wildman–Crippen MR) is 139 cm³/mol. The standard InChI is InChI=1S/C28H50F2O3Si/c1-9-32-25(31)18-22-14-13-17-27(8)23(15-16-24(22)27)21(5)19-28(29,30)20-26(6,7)33-34(10-2,11-3)12-4/h18,21,23-24H,9-17,19-20H2,1-8H3/t21-,23-,24+,27-/m1/s1. The van der Waals surface area contributed by atoms with Crippen LogP contribution in [0.2, 0.25) is 18.1 Å². The van der Waals surface area contributed by atoms with Gasteiger partial charge >= 0.3 is 5.97 Å². The van der Waals surface area contributed by atoms with Crippen LogP contribution in [0.1, 0.15) is 100 Å². The minimum atomic E-state index is -2.76. The van der Waals surface area contributed by atoms with Gasteiger partial charge in [-0.2, -0.15) is 0 Å². The zero-order valence-electron chi connectivity index (χ0n) is 23.1. The Kier molecular flexibility index (Phi) is 10.00. The SMILES string of the molecule is CCOC(=O)C=C1CCC[C@]2(C)[C@@H]([C@H](C)CC(F)(F)CC(C)(C)O[Si](CC)(CC)CC)CC[C@@H]12. The molecule has 34 heavy (non-hydrogen) atoms. The molecular weight excluding hydrogens is 450 g/mol. The fourth-order valence-electron chi connectivity index (χ4n) is 7.42. The van der Waals surface area contributed by atoms with Crippen molar-refractivity contribution < 1.29 is 22.7 Å². The van der Waals surface area contributed by atoms with Crippen LogP contribution in [0.25, 0.3) is 0 Å². The van der Waals surface area contributed by atoms with Gasteiger partial charge in [-0.05, 0) is 94.2 Å². The van der Waals surface area contributed by atoms with Gasteiger partial charge in [-0.1, -0.05) is 40.2 Å². The zero-order valence-corrected chi connectivity index (χ0v) is 24.1. The summed E-state index contributed by atoms with van der Waals surface area (Å²) in [7, 11) is -1.96. The number of carbonyl (C=O) groups is 1. The van der Waals surface area contributed by atoms with Crippen LogP contribution in [0, 0.1) is 23.2 Å². The maximum atomic E-state index is 15.5. The van der Waals surface area contributed by atoms with E-state index in [2.05, 4.69) is 27.7 Å². The molecule has 0 unspecified atom stereocenters. The quantitative estimate of drug-likeness (QED) is 0.153. The Balaban J connectivity index is 2.11. The molecule has 0 aliphatic heterocycles. The van der Waals surface area contributed by atoms with E-state index in [0.717, 1.165) is 50.2 Å². The van der Waals surface area contributed by atoms with Gasteiger partial charge in [0.1, 0.15) is 0 Å². The van der Waals surface area contributed by atoms with Gasteiger partial charge in [-0.3, -0.25) is 0 Å². The zero-order chi connectivity index (χ0) is 25.8. The van der Waals surface area contributed by atoms with E-state index in [9.17, 15) is 4.79 Å². The average Bonchev–Trinajstić information content (AvgIpc) is 3.09. The second-order valence-electron chi connectivity index (χ2n) is 11.9. The molecule has 2 fully saturated rings. The Hall–Kier alpha value is -0.753. The smallest absolute Gasteiger partial charge is 0.330 e. The largest absolute Gasteiger partial charge is 0.463 e. The van der Waals surface area contributed by atoms with Crippen LogP contribution in [0.15, 0.2) is 11.6 Å². The maximum absolute atomic E-state index is 15.5. The number of allylic oxidation sites excluding steroid dienone is 1. The molecule has 0 spiro atoms. The Labute approximate surface area is 208 Å². The van der Waals surface area contributed by atoms with Gasteiger partial charge in [0, 0.05) is 18.9 Å². The minimum Gasteiger partial charge on any atom is -0.463 e. The molecule has 0 aromatic rings. The number of fused-ring (bicyclic) bond motifs is 1. The van der Waals surface area contributed by atoms with Crippen molar-refractivity contribution in [3.63, 3.8) is 0 Å². The first-order chi connectivity index (χ1) is 15.8. The van der Waals surface area contributed by atoms with Crippen LogP contribution in [-0.2, 0) is 14.0 Å². The fraction of sp³-hybridized carbons (Fsp3) is 0.893. The molecule has 0 bridgehead atoms. The van der Waals surface area contributed by atoms with Gasteiger partial charge in [0.2, 0.25) is 0 Å². The van der Waals surface area contributed by atoms with E-state index in [1.54, 1.807) is 6.08 Å². The molecule has 2 rings (SSSR count). The molecular formula is C28H50F2O3Si. The third-order valence-corrected chi connectivity index (χ3v) is 13.9. The molecule has 0 N–H and O–H groups in total. The number of hydrogen-bond donors (Lipinski definition) is 0. The maximum Gasteiger partial charge on any atom is 0.330 e. The van der Waals surface area contributed by atoms with Crippen molar-refractivity contribution in [3.8, 4) is 0 Å². The topological polar surface area (TPSA) is 35.5 Å². The number of ether oxygens (including phenoxy) is 1. The van der Waals surface area contributed by atoms with Crippen molar-refractivity contribution >= 4 is 14.3 Å². The highest BCUT2D eigenvalue weighted by Crippen LogP contribution is 2.60. The summed E-state index contributed by atoms with van der Waals surface area (Å²) in [6.07, 6.45) is 6.28. The molecule has 3 nitrogen and oxygen atoms in total. The molecule has 0 saturated heterocycles. The number of hydrogen-bond acceptors (Lipinski definition) is 3. The van der Waals surface area contributed by atoms with E-state index >= 15 is 8.78 Å². The summed E-state index contributed by atoms with van der Waals surface area (Å²) in [6, 6.07) is 2.90. The lowest BCUT2D eigenvalue weighted by Gasteiger charge is -2.45. The monoisotopic (exact) mass is 500 g/mol. The summed E-state index contributed by atoms with van der Waals surface area (Å²) < 4.78 is 42.6. The van der Waals surface area contributed by atoms with E-state index in [0.29, 0.717) is 12.5 Å². The third kappa shape index (κ3) is 6.93. The summed E-state index contributed by atoms with van der Waals surface area (Å²) in [5, 5.41) is 0. The average molecular weight is 501 g/mol. The van der Waals surface area contributed by atoms with Gasteiger partial charge in [0.15, 0.2) is 8.32 Å². The van der Waals surface area contributed by atoms with E-state index in [1.165, 1.54) is 5.57 Å². The Bertz CT molecular complexity index is 708. The van der Waals surface area contributed by atoms with Crippen molar-refractivity contribution in [2.24, 2.45) is 23.2 Å². The Morgan fingerprint density at radius 1 is 1.18 bits per heavy atom. The number of esters is 1. The lowest BCUT2D eigenvalue weighted by atomic mass is 9.60. The molecule has 0 amide bonds. The fourth-order valence-corrected chi connectivity index (χ4v) is 10.6. The first-order valence-electron chi connectivity index (χ1n) is 13.7.